The third-order valence-electron chi connectivity index (χ3n) is 2.63. The second-order valence-corrected chi connectivity index (χ2v) is 5.67. The molecule has 1 amide bonds. The van der Waals surface area contributed by atoms with Crippen molar-refractivity contribution >= 4 is 23.6 Å². The Kier molecular flexibility index (Phi) is 5.66. The number of aliphatic carboxylic acids is 1. The second kappa shape index (κ2) is 6.78. The molecular weight excluding hydrogens is 226 g/mol. The maximum Gasteiger partial charge on any atom is 0.303 e. The third-order valence-corrected chi connectivity index (χ3v) is 3.76. The van der Waals surface area contributed by atoms with Gasteiger partial charge in [-0.15, -0.1) is 0 Å². The molecular formula is C11H19NO3S. The van der Waals surface area contributed by atoms with Crippen LogP contribution >= 0.6 is 11.8 Å². The van der Waals surface area contributed by atoms with Gasteiger partial charge in [-0.05, 0) is 12.8 Å². The van der Waals surface area contributed by atoms with E-state index in [9.17, 15) is 9.59 Å². The van der Waals surface area contributed by atoms with Gasteiger partial charge in [0.15, 0.2) is 0 Å². The molecule has 0 aromatic rings. The number of carbonyl (C=O) groups excluding carboxylic acids is 1. The first-order valence-corrected chi connectivity index (χ1v) is 6.75. The molecule has 0 bridgehead atoms. The number of unbranched alkanes of at least 4 members (excludes halogenated alkanes) is 1. The quantitative estimate of drug-likeness (QED) is 0.747. The van der Waals surface area contributed by atoms with Crippen LogP contribution in [0.25, 0.3) is 0 Å². The zero-order chi connectivity index (χ0) is 12.0. The fraction of sp³-hybridized carbons (Fsp3) is 0.818. The van der Waals surface area contributed by atoms with Crippen LogP contribution in [0.5, 0.6) is 0 Å². The average Bonchev–Trinajstić information content (AvgIpc) is 2.24. The van der Waals surface area contributed by atoms with E-state index in [1.165, 1.54) is 0 Å². The van der Waals surface area contributed by atoms with Gasteiger partial charge in [0.05, 0.1) is 0 Å². The number of amides is 1. The minimum Gasteiger partial charge on any atom is -0.481 e. The first kappa shape index (κ1) is 13.4. The molecule has 4 nitrogen and oxygen atoms in total. The fourth-order valence-electron chi connectivity index (χ4n) is 1.76. The Hall–Kier alpha value is -0.710. The van der Waals surface area contributed by atoms with E-state index in [0.29, 0.717) is 24.5 Å². The van der Waals surface area contributed by atoms with E-state index < -0.39 is 5.97 Å². The van der Waals surface area contributed by atoms with Gasteiger partial charge in [-0.1, -0.05) is 6.92 Å². The molecule has 1 rings (SSSR count). The van der Waals surface area contributed by atoms with E-state index in [1.807, 2.05) is 16.7 Å². The molecule has 1 N–H and O–H groups in total. The lowest BCUT2D eigenvalue weighted by molar-refractivity contribution is -0.137. The number of carboxylic acid groups (broad SMARTS) is 1. The van der Waals surface area contributed by atoms with E-state index in [1.54, 1.807) is 0 Å². The number of nitrogens with zero attached hydrogens (tertiary/aromatic N) is 1. The Morgan fingerprint density at radius 2 is 2.06 bits per heavy atom. The number of carboxylic acids is 1. The van der Waals surface area contributed by atoms with Crippen LogP contribution in [-0.4, -0.2) is 46.0 Å². The smallest absolute Gasteiger partial charge is 0.303 e. The molecule has 92 valence electrons. The van der Waals surface area contributed by atoms with Crippen LogP contribution in [0, 0.1) is 0 Å². The van der Waals surface area contributed by atoms with Crippen LogP contribution in [0.15, 0.2) is 0 Å². The van der Waals surface area contributed by atoms with Crippen molar-refractivity contribution in [2.24, 2.45) is 0 Å². The monoisotopic (exact) mass is 245 g/mol. The molecule has 1 aliphatic rings. The van der Waals surface area contributed by atoms with Gasteiger partial charge in [0.2, 0.25) is 5.91 Å². The van der Waals surface area contributed by atoms with Crippen molar-refractivity contribution in [2.45, 2.75) is 37.9 Å². The van der Waals surface area contributed by atoms with Gasteiger partial charge in [-0.25, -0.2) is 0 Å². The Labute approximate surface area is 100 Å². The maximum atomic E-state index is 11.8. The highest BCUT2D eigenvalue weighted by Gasteiger charge is 2.20. The molecule has 1 unspecified atom stereocenters. The summed E-state index contributed by atoms with van der Waals surface area (Å²) in [4.78, 5) is 24.0. The topological polar surface area (TPSA) is 57.6 Å². The predicted molar refractivity (Wildman–Crippen MR) is 64.6 cm³/mol. The van der Waals surface area contributed by atoms with Crippen LogP contribution < -0.4 is 0 Å². The Bertz CT molecular complexity index is 258. The molecule has 1 aliphatic heterocycles. The van der Waals surface area contributed by atoms with Gasteiger partial charge >= 0.3 is 5.97 Å². The average molecular weight is 245 g/mol. The van der Waals surface area contributed by atoms with E-state index >= 15 is 0 Å². The van der Waals surface area contributed by atoms with Crippen molar-refractivity contribution in [3.8, 4) is 0 Å². The van der Waals surface area contributed by atoms with Crippen molar-refractivity contribution in [3.05, 3.63) is 0 Å². The van der Waals surface area contributed by atoms with Gasteiger partial charge in [0, 0.05) is 36.9 Å². The standard InChI is InChI=1S/C11H19NO3S/c1-9-8-12(6-7-16-9)10(13)4-2-3-5-11(14)15/h9H,2-8H2,1H3,(H,14,15). The molecule has 0 spiro atoms. The Balaban J connectivity index is 2.16. The molecule has 0 radical (unpaired) electrons. The van der Waals surface area contributed by atoms with Crippen LogP contribution in [0.3, 0.4) is 0 Å². The number of carbonyl (C=O) groups is 2. The molecule has 1 atom stereocenters. The number of rotatable bonds is 5. The predicted octanol–water partition coefficient (Wildman–Crippen LogP) is 1.60. The highest BCUT2D eigenvalue weighted by atomic mass is 32.2. The normalized spacial score (nSPS) is 20.8. The third kappa shape index (κ3) is 4.88. The summed E-state index contributed by atoms with van der Waals surface area (Å²) >= 11 is 1.90. The minimum absolute atomic E-state index is 0.166. The SMILES string of the molecule is CC1CN(C(=O)CCCCC(=O)O)CCS1. The highest BCUT2D eigenvalue weighted by Crippen LogP contribution is 2.18. The summed E-state index contributed by atoms with van der Waals surface area (Å²) in [5, 5.41) is 8.99. The summed E-state index contributed by atoms with van der Waals surface area (Å²) in [6.45, 7) is 3.81. The van der Waals surface area contributed by atoms with Gasteiger partial charge in [0.25, 0.3) is 0 Å². The van der Waals surface area contributed by atoms with Crippen LogP contribution in [0.2, 0.25) is 0 Å². The lowest BCUT2D eigenvalue weighted by atomic mass is 10.2. The molecule has 0 aromatic heterocycles. The summed E-state index contributed by atoms with van der Waals surface area (Å²) in [7, 11) is 0. The van der Waals surface area contributed by atoms with E-state index in [2.05, 4.69) is 6.92 Å². The Morgan fingerprint density at radius 1 is 1.38 bits per heavy atom. The summed E-state index contributed by atoms with van der Waals surface area (Å²) in [5.74, 6) is 0.412. The van der Waals surface area contributed by atoms with E-state index in [-0.39, 0.29) is 12.3 Å². The van der Waals surface area contributed by atoms with Crippen molar-refractivity contribution < 1.29 is 14.7 Å². The van der Waals surface area contributed by atoms with Gasteiger partial charge in [-0.3, -0.25) is 9.59 Å². The number of thioether (sulfide) groups is 1. The first-order chi connectivity index (χ1) is 7.59. The summed E-state index contributed by atoms with van der Waals surface area (Å²) < 4.78 is 0. The lowest BCUT2D eigenvalue weighted by Gasteiger charge is -2.30. The molecule has 16 heavy (non-hydrogen) atoms. The van der Waals surface area contributed by atoms with Crippen molar-refractivity contribution in [1.82, 2.24) is 4.90 Å². The molecule has 1 saturated heterocycles. The lowest BCUT2D eigenvalue weighted by Crippen LogP contribution is -2.40. The fourth-order valence-corrected chi connectivity index (χ4v) is 2.77. The van der Waals surface area contributed by atoms with E-state index in [4.69, 9.17) is 5.11 Å². The molecule has 1 heterocycles. The maximum absolute atomic E-state index is 11.8. The Morgan fingerprint density at radius 3 is 2.69 bits per heavy atom. The van der Waals surface area contributed by atoms with Crippen LogP contribution in [0.4, 0.5) is 0 Å². The van der Waals surface area contributed by atoms with Crippen LogP contribution in [0.1, 0.15) is 32.6 Å². The summed E-state index contributed by atoms with van der Waals surface area (Å²) in [6, 6.07) is 0. The largest absolute Gasteiger partial charge is 0.481 e. The molecule has 0 aromatic carbocycles. The first-order valence-electron chi connectivity index (χ1n) is 5.71. The summed E-state index contributed by atoms with van der Waals surface area (Å²) in [6.07, 6.45) is 1.94. The number of hydrogen-bond acceptors (Lipinski definition) is 3. The number of hydrogen-bond donors (Lipinski definition) is 1. The minimum atomic E-state index is -0.782. The van der Waals surface area contributed by atoms with Gasteiger partial charge < -0.3 is 10.0 Å². The zero-order valence-electron chi connectivity index (χ0n) is 9.65. The highest BCUT2D eigenvalue weighted by molar-refractivity contribution is 7.99. The van der Waals surface area contributed by atoms with E-state index in [0.717, 1.165) is 18.8 Å². The zero-order valence-corrected chi connectivity index (χ0v) is 10.5. The molecule has 0 saturated carbocycles. The molecule has 0 aliphatic carbocycles. The van der Waals surface area contributed by atoms with Crippen molar-refractivity contribution in [2.75, 3.05) is 18.8 Å². The molecule has 5 heteroatoms. The van der Waals surface area contributed by atoms with Crippen LogP contribution in [-0.2, 0) is 9.59 Å². The van der Waals surface area contributed by atoms with Crippen molar-refractivity contribution in [3.63, 3.8) is 0 Å². The summed E-state index contributed by atoms with van der Waals surface area (Å²) in [5.41, 5.74) is 0. The van der Waals surface area contributed by atoms with Gasteiger partial charge in [0.1, 0.15) is 0 Å². The molecule has 1 fully saturated rings. The van der Waals surface area contributed by atoms with Gasteiger partial charge in [-0.2, -0.15) is 11.8 Å². The second-order valence-electron chi connectivity index (χ2n) is 4.12. The van der Waals surface area contributed by atoms with Crippen molar-refractivity contribution in [1.29, 1.82) is 0 Å².